The first-order valence-corrected chi connectivity index (χ1v) is 7.26. The Labute approximate surface area is 124 Å². The van der Waals surface area contributed by atoms with E-state index in [1.807, 2.05) is 42.5 Å². The fraction of sp³-hybridized carbons (Fsp3) is 0.278. The fourth-order valence-corrected chi connectivity index (χ4v) is 3.06. The Bertz CT molecular complexity index is 607. The summed E-state index contributed by atoms with van der Waals surface area (Å²) in [6, 6.07) is 18.1. The van der Waals surface area contributed by atoms with Crippen LogP contribution in [0.3, 0.4) is 0 Å². The Hall–Kier alpha value is -2.29. The number of carbonyl (C=O) groups is 1. The van der Waals surface area contributed by atoms with E-state index in [9.17, 15) is 4.79 Å². The minimum Gasteiger partial charge on any atom is -0.497 e. The molecule has 0 aromatic heterocycles. The van der Waals surface area contributed by atoms with Crippen molar-refractivity contribution in [1.29, 1.82) is 0 Å². The molecule has 2 aromatic carbocycles. The zero-order chi connectivity index (χ0) is 14.7. The van der Waals surface area contributed by atoms with Gasteiger partial charge in [0.2, 0.25) is 5.91 Å². The number of hydrogen-bond acceptors (Lipinski definition) is 2. The third-order valence-corrected chi connectivity index (χ3v) is 4.14. The van der Waals surface area contributed by atoms with Gasteiger partial charge in [-0.15, -0.1) is 0 Å². The third-order valence-electron chi connectivity index (χ3n) is 4.14. The Kier molecular flexibility index (Phi) is 3.91. The van der Waals surface area contributed by atoms with Crippen molar-refractivity contribution in [2.75, 3.05) is 13.7 Å². The van der Waals surface area contributed by atoms with Crippen molar-refractivity contribution in [3.63, 3.8) is 0 Å². The molecule has 2 atom stereocenters. The molecule has 1 aliphatic rings. The van der Waals surface area contributed by atoms with E-state index in [4.69, 9.17) is 4.74 Å². The maximum Gasteiger partial charge on any atom is 0.228 e. The molecule has 0 aliphatic carbocycles. The van der Waals surface area contributed by atoms with Crippen LogP contribution in [0.25, 0.3) is 0 Å². The topological polar surface area (TPSA) is 38.3 Å². The summed E-state index contributed by atoms with van der Waals surface area (Å²) >= 11 is 0. The van der Waals surface area contributed by atoms with Crippen LogP contribution < -0.4 is 10.1 Å². The predicted octanol–water partition coefficient (Wildman–Crippen LogP) is 3.08. The van der Waals surface area contributed by atoms with E-state index >= 15 is 0 Å². The summed E-state index contributed by atoms with van der Waals surface area (Å²) in [6.07, 6.45) is 0.956. The first-order valence-electron chi connectivity index (χ1n) is 7.26. The molecular weight excluding hydrogens is 262 g/mol. The largest absolute Gasteiger partial charge is 0.497 e. The second kappa shape index (κ2) is 6.00. The van der Waals surface area contributed by atoms with Gasteiger partial charge in [-0.2, -0.15) is 0 Å². The highest BCUT2D eigenvalue weighted by Crippen LogP contribution is 2.38. The first kappa shape index (κ1) is 13.7. The molecule has 0 saturated carbocycles. The molecule has 0 bridgehead atoms. The smallest absolute Gasteiger partial charge is 0.228 e. The molecule has 0 radical (unpaired) electrons. The molecule has 3 rings (SSSR count). The number of methoxy groups -OCH3 is 1. The van der Waals surface area contributed by atoms with Gasteiger partial charge in [0.1, 0.15) is 5.75 Å². The van der Waals surface area contributed by atoms with Crippen molar-refractivity contribution in [2.24, 2.45) is 0 Å². The van der Waals surface area contributed by atoms with Gasteiger partial charge < -0.3 is 10.1 Å². The summed E-state index contributed by atoms with van der Waals surface area (Å²) in [6.45, 7) is 0.735. The van der Waals surface area contributed by atoms with Crippen LogP contribution in [0.1, 0.15) is 29.4 Å². The summed E-state index contributed by atoms with van der Waals surface area (Å²) in [7, 11) is 1.66. The van der Waals surface area contributed by atoms with Gasteiger partial charge in [0.25, 0.3) is 0 Å². The van der Waals surface area contributed by atoms with Gasteiger partial charge in [0, 0.05) is 12.5 Å². The van der Waals surface area contributed by atoms with Crippen LogP contribution >= 0.6 is 0 Å². The van der Waals surface area contributed by atoms with Gasteiger partial charge in [-0.1, -0.05) is 42.5 Å². The second-order valence-corrected chi connectivity index (χ2v) is 5.35. The minimum atomic E-state index is -0.117. The summed E-state index contributed by atoms with van der Waals surface area (Å²) in [4.78, 5) is 12.4. The zero-order valence-corrected chi connectivity index (χ0v) is 12.1. The average Bonchev–Trinajstić information content (AvgIpc) is 2.55. The molecule has 0 spiro atoms. The van der Waals surface area contributed by atoms with Gasteiger partial charge in [-0.3, -0.25) is 4.79 Å². The summed E-state index contributed by atoms with van der Waals surface area (Å²) in [5.41, 5.74) is 2.27. The number of rotatable bonds is 3. The fourth-order valence-electron chi connectivity index (χ4n) is 3.06. The van der Waals surface area contributed by atoms with E-state index < -0.39 is 0 Å². The molecule has 3 heteroatoms. The lowest BCUT2D eigenvalue weighted by Gasteiger charge is -2.32. The van der Waals surface area contributed by atoms with Gasteiger partial charge >= 0.3 is 0 Å². The van der Waals surface area contributed by atoms with Crippen molar-refractivity contribution in [3.05, 3.63) is 65.7 Å². The summed E-state index contributed by atoms with van der Waals surface area (Å²) < 4.78 is 5.21. The molecule has 3 nitrogen and oxygen atoms in total. The number of benzene rings is 2. The minimum absolute atomic E-state index is 0.117. The number of piperidine rings is 1. The number of ether oxygens (including phenoxy) is 1. The van der Waals surface area contributed by atoms with Crippen LogP contribution in [0, 0.1) is 0 Å². The van der Waals surface area contributed by atoms with Gasteiger partial charge in [0.05, 0.1) is 13.0 Å². The quantitative estimate of drug-likeness (QED) is 0.939. The maximum absolute atomic E-state index is 12.4. The van der Waals surface area contributed by atoms with Crippen molar-refractivity contribution < 1.29 is 9.53 Å². The highest BCUT2D eigenvalue weighted by atomic mass is 16.5. The third kappa shape index (κ3) is 2.77. The standard InChI is InChI=1S/C18H19NO2/c1-21-15-9-7-13(8-10-15)16-11-12-19-18(20)17(16)14-5-3-2-4-6-14/h2-10,16-17H,11-12H2,1H3,(H,19,20)/t16-,17-/m0/s1. The molecule has 108 valence electrons. The Morgan fingerprint density at radius 3 is 2.38 bits per heavy atom. The Balaban J connectivity index is 1.95. The normalized spacial score (nSPS) is 21.7. The van der Waals surface area contributed by atoms with Crippen LogP contribution in [0.5, 0.6) is 5.75 Å². The number of nitrogens with one attached hydrogen (secondary N) is 1. The average molecular weight is 281 g/mol. The van der Waals surface area contributed by atoms with Gasteiger partial charge in [-0.25, -0.2) is 0 Å². The van der Waals surface area contributed by atoms with Crippen molar-refractivity contribution >= 4 is 5.91 Å². The van der Waals surface area contributed by atoms with E-state index in [1.54, 1.807) is 7.11 Å². The molecule has 1 fully saturated rings. The van der Waals surface area contributed by atoms with Crippen LogP contribution in [0.4, 0.5) is 0 Å². The van der Waals surface area contributed by atoms with E-state index in [0.717, 1.165) is 24.3 Å². The van der Waals surface area contributed by atoms with Gasteiger partial charge in [0.15, 0.2) is 0 Å². The van der Waals surface area contributed by atoms with E-state index in [1.165, 1.54) is 5.56 Å². The van der Waals surface area contributed by atoms with Crippen LogP contribution in [0.2, 0.25) is 0 Å². The lowest BCUT2D eigenvalue weighted by atomic mass is 9.77. The van der Waals surface area contributed by atoms with Crippen molar-refractivity contribution in [1.82, 2.24) is 5.32 Å². The summed E-state index contributed by atoms with van der Waals surface area (Å²) in [5, 5.41) is 2.99. The SMILES string of the molecule is COc1ccc([C@@H]2CCNC(=O)[C@H]2c2ccccc2)cc1. The Morgan fingerprint density at radius 2 is 1.71 bits per heavy atom. The molecule has 0 unspecified atom stereocenters. The molecule has 1 N–H and O–H groups in total. The van der Waals surface area contributed by atoms with Gasteiger partial charge in [-0.05, 0) is 29.7 Å². The second-order valence-electron chi connectivity index (χ2n) is 5.35. The van der Waals surface area contributed by atoms with Crippen LogP contribution in [0.15, 0.2) is 54.6 Å². The molecule has 1 saturated heterocycles. The molecule has 1 aliphatic heterocycles. The molecular formula is C18H19NO2. The number of carbonyl (C=O) groups excluding carboxylic acids is 1. The highest BCUT2D eigenvalue weighted by molar-refractivity contribution is 5.85. The number of hydrogen-bond donors (Lipinski definition) is 1. The first-order chi connectivity index (χ1) is 10.3. The lowest BCUT2D eigenvalue weighted by molar-refractivity contribution is -0.124. The van der Waals surface area contributed by atoms with Crippen molar-refractivity contribution in [3.8, 4) is 5.75 Å². The molecule has 2 aromatic rings. The zero-order valence-electron chi connectivity index (χ0n) is 12.1. The van der Waals surface area contributed by atoms with E-state index in [0.29, 0.717) is 0 Å². The van der Waals surface area contributed by atoms with Crippen LogP contribution in [-0.2, 0) is 4.79 Å². The number of amides is 1. The molecule has 1 heterocycles. The van der Waals surface area contributed by atoms with E-state index in [2.05, 4.69) is 17.4 Å². The van der Waals surface area contributed by atoms with E-state index in [-0.39, 0.29) is 17.7 Å². The highest BCUT2D eigenvalue weighted by Gasteiger charge is 2.33. The summed E-state index contributed by atoms with van der Waals surface area (Å²) in [5.74, 6) is 1.06. The lowest BCUT2D eigenvalue weighted by Crippen LogP contribution is -2.39. The molecule has 1 amide bonds. The predicted molar refractivity (Wildman–Crippen MR) is 82.5 cm³/mol. The maximum atomic E-state index is 12.4. The van der Waals surface area contributed by atoms with Crippen molar-refractivity contribution in [2.45, 2.75) is 18.3 Å². The Morgan fingerprint density at radius 1 is 1.00 bits per heavy atom. The molecule has 21 heavy (non-hydrogen) atoms. The monoisotopic (exact) mass is 281 g/mol. The van der Waals surface area contributed by atoms with Crippen LogP contribution in [-0.4, -0.2) is 19.6 Å².